The van der Waals surface area contributed by atoms with Gasteiger partial charge in [-0.2, -0.15) is 0 Å². The fraction of sp³-hybridized carbons (Fsp3) is 0.240. The van der Waals surface area contributed by atoms with Crippen LogP contribution in [0, 0.1) is 6.92 Å². The fourth-order valence-electron chi connectivity index (χ4n) is 4.28. The van der Waals surface area contributed by atoms with Gasteiger partial charge in [0.15, 0.2) is 5.13 Å². The lowest BCUT2D eigenvalue weighted by Gasteiger charge is -2.14. The molecule has 1 aliphatic heterocycles. The first-order chi connectivity index (χ1) is 16.9. The van der Waals surface area contributed by atoms with Crippen molar-refractivity contribution in [1.82, 2.24) is 19.9 Å². The van der Waals surface area contributed by atoms with Crippen LogP contribution in [0.3, 0.4) is 0 Å². The maximum absolute atomic E-state index is 13.4. The van der Waals surface area contributed by atoms with Crippen LogP contribution in [0.1, 0.15) is 38.4 Å². The number of methoxy groups -OCH3 is 1. The van der Waals surface area contributed by atoms with Crippen molar-refractivity contribution in [1.29, 1.82) is 0 Å². The van der Waals surface area contributed by atoms with E-state index in [1.165, 1.54) is 11.3 Å². The molecule has 178 valence electrons. The molecule has 0 saturated carbocycles. The van der Waals surface area contributed by atoms with E-state index >= 15 is 0 Å². The Hall–Kier alpha value is -3.56. The molecule has 0 spiro atoms. The van der Waals surface area contributed by atoms with Gasteiger partial charge in [-0.3, -0.25) is 19.9 Å². The molecule has 0 unspecified atom stereocenters. The van der Waals surface area contributed by atoms with E-state index in [0.717, 1.165) is 35.2 Å². The number of anilines is 1. The molecule has 10 heteroatoms. The number of halogens is 1. The van der Waals surface area contributed by atoms with Gasteiger partial charge in [-0.05, 0) is 49.6 Å². The number of amides is 2. The number of hydrogen-bond donors (Lipinski definition) is 1. The quantitative estimate of drug-likeness (QED) is 0.391. The van der Waals surface area contributed by atoms with Gasteiger partial charge in [0.2, 0.25) is 0 Å². The molecule has 0 aliphatic carbocycles. The van der Waals surface area contributed by atoms with E-state index in [-0.39, 0.29) is 16.6 Å². The Labute approximate surface area is 210 Å². The molecule has 8 nitrogen and oxygen atoms in total. The smallest absolute Gasteiger partial charge is 0.261 e. The van der Waals surface area contributed by atoms with Crippen molar-refractivity contribution in [3.63, 3.8) is 0 Å². The summed E-state index contributed by atoms with van der Waals surface area (Å²) >= 11 is 7.77. The Morgan fingerprint density at radius 2 is 2.03 bits per heavy atom. The number of carbonyl (C=O) groups excluding carboxylic acids is 2. The molecule has 4 heterocycles. The summed E-state index contributed by atoms with van der Waals surface area (Å²) in [6, 6.07) is 7.37. The van der Waals surface area contributed by atoms with Gasteiger partial charge >= 0.3 is 0 Å². The summed E-state index contributed by atoms with van der Waals surface area (Å²) in [5.74, 6) is 0.0824. The van der Waals surface area contributed by atoms with Crippen LogP contribution in [0.5, 0.6) is 5.75 Å². The largest absolute Gasteiger partial charge is 0.494 e. The summed E-state index contributed by atoms with van der Waals surface area (Å²) in [6.07, 6.45) is 4.91. The predicted molar refractivity (Wildman–Crippen MR) is 137 cm³/mol. The molecule has 3 aromatic heterocycles. The van der Waals surface area contributed by atoms with Crippen LogP contribution >= 0.6 is 22.9 Å². The summed E-state index contributed by atoms with van der Waals surface area (Å²) in [4.78, 5) is 40.9. The number of hydrogen-bond acceptors (Lipinski definition) is 7. The highest BCUT2D eigenvalue weighted by Gasteiger charge is 2.24. The van der Waals surface area contributed by atoms with Crippen LogP contribution in [0.15, 0.2) is 36.7 Å². The molecule has 0 fully saturated rings. The highest BCUT2D eigenvalue weighted by Crippen LogP contribution is 2.36. The Bertz CT molecular complexity index is 1490. The zero-order valence-corrected chi connectivity index (χ0v) is 21.0. The van der Waals surface area contributed by atoms with Crippen molar-refractivity contribution in [2.45, 2.75) is 19.8 Å². The van der Waals surface area contributed by atoms with E-state index in [1.807, 2.05) is 19.2 Å². The molecule has 0 atom stereocenters. The number of rotatable bonds is 4. The number of ether oxygens (including phenoxy) is 1. The summed E-state index contributed by atoms with van der Waals surface area (Å²) < 4.78 is 6.27. The topological polar surface area (TPSA) is 97.3 Å². The van der Waals surface area contributed by atoms with Gasteiger partial charge in [0.1, 0.15) is 10.9 Å². The van der Waals surface area contributed by atoms with Crippen LogP contribution in [-0.2, 0) is 6.42 Å². The average molecular weight is 508 g/mol. The van der Waals surface area contributed by atoms with E-state index < -0.39 is 5.91 Å². The predicted octanol–water partition coefficient (Wildman–Crippen LogP) is 4.99. The molecule has 1 aliphatic rings. The van der Waals surface area contributed by atoms with Gasteiger partial charge in [-0.15, -0.1) is 0 Å². The van der Waals surface area contributed by atoms with Crippen LogP contribution in [-0.4, -0.2) is 52.4 Å². The third-order valence-electron chi connectivity index (χ3n) is 5.98. The molecule has 35 heavy (non-hydrogen) atoms. The van der Waals surface area contributed by atoms with E-state index in [4.69, 9.17) is 16.3 Å². The minimum atomic E-state index is -0.437. The highest BCUT2D eigenvalue weighted by atomic mass is 35.5. The number of aryl methyl sites for hydroxylation is 2. The van der Waals surface area contributed by atoms with Crippen molar-refractivity contribution >= 4 is 50.1 Å². The van der Waals surface area contributed by atoms with Crippen LogP contribution in [0.4, 0.5) is 5.13 Å². The van der Waals surface area contributed by atoms with E-state index in [1.54, 1.807) is 43.5 Å². The Kier molecular flexibility index (Phi) is 6.12. The molecule has 0 radical (unpaired) electrons. The molecular formula is C25H22ClN5O3S. The Morgan fingerprint density at radius 3 is 2.83 bits per heavy atom. The maximum Gasteiger partial charge on any atom is 0.261 e. The first kappa shape index (κ1) is 23.2. The normalized spacial score (nSPS) is 13.5. The molecule has 2 amide bonds. The SMILES string of the molecule is COc1cnccc1-c1cc(C)nc(Cl)c1C(=O)Nc1nc2cc3c(cc2s1)C(=O)N(C)CCC3. The lowest BCUT2D eigenvalue weighted by atomic mass is 10.0. The monoisotopic (exact) mass is 507 g/mol. The first-order valence-electron chi connectivity index (χ1n) is 11.0. The van der Waals surface area contributed by atoms with Gasteiger partial charge in [-0.1, -0.05) is 22.9 Å². The molecule has 5 rings (SSSR count). The van der Waals surface area contributed by atoms with Crippen molar-refractivity contribution in [2.75, 3.05) is 26.0 Å². The Morgan fingerprint density at radius 1 is 1.20 bits per heavy atom. The number of carbonyl (C=O) groups is 2. The standard InChI is InChI=1S/C25H22ClN5O3S/c1-13-9-17(15-6-7-27-12-19(15)34-3)21(22(26)28-13)23(32)30-25-29-18-10-14-5-4-8-31(2)24(33)16(14)11-20(18)35-25/h6-7,9-12H,4-5,8H2,1-3H3,(H,29,30,32). The van der Waals surface area contributed by atoms with Crippen LogP contribution in [0.25, 0.3) is 21.3 Å². The number of fused-ring (bicyclic) bond motifs is 2. The number of aromatic nitrogens is 3. The maximum atomic E-state index is 13.4. The number of nitrogens with zero attached hydrogens (tertiary/aromatic N) is 4. The zero-order chi connectivity index (χ0) is 24.7. The molecule has 4 aromatic rings. The second kappa shape index (κ2) is 9.24. The summed E-state index contributed by atoms with van der Waals surface area (Å²) in [6.45, 7) is 2.53. The average Bonchev–Trinajstić information content (AvgIpc) is 3.17. The van der Waals surface area contributed by atoms with Crippen molar-refractivity contribution < 1.29 is 14.3 Å². The highest BCUT2D eigenvalue weighted by molar-refractivity contribution is 7.22. The van der Waals surface area contributed by atoms with E-state index in [9.17, 15) is 9.59 Å². The minimum Gasteiger partial charge on any atom is -0.494 e. The summed E-state index contributed by atoms with van der Waals surface area (Å²) in [7, 11) is 3.36. The molecule has 1 N–H and O–H groups in total. The molecular weight excluding hydrogens is 486 g/mol. The van der Waals surface area contributed by atoms with Crippen molar-refractivity contribution in [3.05, 3.63) is 64.2 Å². The third-order valence-corrected chi connectivity index (χ3v) is 7.18. The number of pyridine rings is 2. The summed E-state index contributed by atoms with van der Waals surface area (Å²) in [5.41, 5.74) is 4.55. The van der Waals surface area contributed by atoms with Gasteiger partial charge < -0.3 is 9.64 Å². The lowest BCUT2D eigenvalue weighted by Crippen LogP contribution is -2.26. The second-order valence-corrected chi connectivity index (χ2v) is 9.72. The second-order valence-electron chi connectivity index (χ2n) is 8.33. The minimum absolute atomic E-state index is 0.00633. The number of benzene rings is 1. The van der Waals surface area contributed by atoms with Gasteiger partial charge in [0, 0.05) is 42.2 Å². The van der Waals surface area contributed by atoms with Gasteiger partial charge in [-0.25, -0.2) is 9.97 Å². The fourth-order valence-corrected chi connectivity index (χ4v) is 5.48. The van der Waals surface area contributed by atoms with E-state index in [0.29, 0.717) is 33.3 Å². The lowest BCUT2D eigenvalue weighted by molar-refractivity contribution is 0.0800. The van der Waals surface area contributed by atoms with Gasteiger partial charge in [0.05, 0.1) is 29.1 Å². The third kappa shape index (κ3) is 4.33. The molecule has 0 bridgehead atoms. The molecule has 1 aromatic carbocycles. The van der Waals surface area contributed by atoms with Crippen molar-refractivity contribution in [3.8, 4) is 16.9 Å². The van der Waals surface area contributed by atoms with Crippen LogP contribution in [0.2, 0.25) is 5.15 Å². The first-order valence-corrected chi connectivity index (χ1v) is 12.2. The summed E-state index contributed by atoms with van der Waals surface area (Å²) in [5, 5.41) is 3.36. The van der Waals surface area contributed by atoms with Gasteiger partial charge in [0.25, 0.3) is 11.8 Å². The van der Waals surface area contributed by atoms with Crippen LogP contribution < -0.4 is 10.1 Å². The van der Waals surface area contributed by atoms with E-state index in [2.05, 4.69) is 20.3 Å². The molecule has 0 saturated heterocycles. The van der Waals surface area contributed by atoms with Crippen molar-refractivity contribution in [2.24, 2.45) is 0 Å². The Balaban J connectivity index is 1.53. The number of thiazole rings is 1. The number of nitrogens with one attached hydrogen (secondary N) is 1. The zero-order valence-electron chi connectivity index (χ0n) is 19.4.